The first kappa shape index (κ1) is 22.0. The van der Waals surface area contributed by atoms with Crippen molar-refractivity contribution in [1.29, 1.82) is 5.26 Å². The second kappa shape index (κ2) is 8.40. The van der Waals surface area contributed by atoms with Gasteiger partial charge in [0.25, 0.3) is 5.91 Å². The Bertz CT molecular complexity index is 1280. The lowest BCUT2D eigenvalue weighted by Gasteiger charge is -2.43. The van der Waals surface area contributed by atoms with Gasteiger partial charge < -0.3 is 5.32 Å². The van der Waals surface area contributed by atoms with Crippen LogP contribution in [0.3, 0.4) is 0 Å². The summed E-state index contributed by atoms with van der Waals surface area (Å²) in [5.41, 5.74) is 0.900. The summed E-state index contributed by atoms with van der Waals surface area (Å²) in [6.45, 7) is 7.01. The molecule has 0 atom stereocenters. The minimum atomic E-state index is -4.63. The molecule has 1 aliphatic carbocycles. The van der Waals surface area contributed by atoms with E-state index in [-0.39, 0.29) is 11.5 Å². The number of hydrogen-bond donors (Lipinski definition) is 1. The van der Waals surface area contributed by atoms with Crippen LogP contribution in [0.1, 0.15) is 46.4 Å². The highest BCUT2D eigenvalue weighted by atomic mass is 19.4. The number of nitriles is 1. The van der Waals surface area contributed by atoms with Crippen LogP contribution in [0.15, 0.2) is 60.8 Å². The van der Waals surface area contributed by atoms with Gasteiger partial charge >= 0.3 is 6.18 Å². The van der Waals surface area contributed by atoms with Gasteiger partial charge in [-0.3, -0.25) is 9.78 Å². The lowest BCUT2D eigenvalue weighted by molar-refractivity contribution is -0.141. The summed E-state index contributed by atoms with van der Waals surface area (Å²) < 4.78 is 38.7. The molecule has 1 amide bonds. The largest absolute Gasteiger partial charge is 0.433 e. The smallest absolute Gasteiger partial charge is 0.343 e. The van der Waals surface area contributed by atoms with Crippen molar-refractivity contribution in [2.75, 3.05) is 0 Å². The maximum absolute atomic E-state index is 12.9. The fraction of sp³-hybridized carbons (Fsp3) is 0.200. The predicted molar refractivity (Wildman–Crippen MR) is 115 cm³/mol. The molecular formula is C25H17F3N4O. The number of amides is 1. The van der Waals surface area contributed by atoms with E-state index in [9.17, 15) is 23.2 Å². The van der Waals surface area contributed by atoms with Gasteiger partial charge in [0.15, 0.2) is 5.69 Å². The zero-order chi connectivity index (χ0) is 23.6. The first-order valence-electron chi connectivity index (χ1n) is 10.1. The summed E-state index contributed by atoms with van der Waals surface area (Å²) in [7, 11) is 0. The summed E-state index contributed by atoms with van der Waals surface area (Å²) in [5.74, 6) is -0.242. The molecule has 0 unspecified atom stereocenters. The summed E-state index contributed by atoms with van der Waals surface area (Å²) in [6, 6.07) is 16.0. The number of carbonyl (C=O) groups is 1. The van der Waals surface area contributed by atoms with E-state index in [1.54, 1.807) is 36.4 Å². The van der Waals surface area contributed by atoms with E-state index in [1.165, 1.54) is 0 Å². The summed E-state index contributed by atoms with van der Waals surface area (Å²) in [5, 5.41) is 12.4. The van der Waals surface area contributed by atoms with Crippen LogP contribution in [0.2, 0.25) is 0 Å². The highest BCUT2D eigenvalue weighted by Gasteiger charge is 2.40. The maximum Gasteiger partial charge on any atom is 0.433 e. The molecule has 1 aliphatic rings. The van der Waals surface area contributed by atoms with Crippen molar-refractivity contribution < 1.29 is 18.0 Å². The Morgan fingerprint density at radius 3 is 2.30 bits per heavy atom. The topological polar surface area (TPSA) is 70.1 Å². The van der Waals surface area contributed by atoms with Crippen LogP contribution < -0.4 is 5.32 Å². The molecule has 0 saturated heterocycles. The van der Waals surface area contributed by atoms with E-state index in [2.05, 4.69) is 15.1 Å². The van der Waals surface area contributed by atoms with Crippen molar-refractivity contribution in [2.45, 2.75) is 31.0 Å². The number of hydrogen-bond acceptors (Lipinski definition) is 3. The van der Waals surface area contributed by atoms with Crippen LogP contribution in [0.25, 0.3) is 16.0 Å². The molecule has 164 valence electrons. The molecule has 2 aromatic carbocycles. The fourth-order valence-corrected chi connectivity index (χ4v) is 3.89. The third-order valence-electron chi connectivity index (χ3n) is 5.88. The molecule has 5 nitrogen and oxygen atoms in total. The van der Waals surface area contributed by atoms with Crippen LogP contribution >= 0.6 is 0 Å². The van der Waals surface area contributed by atoms with Crippen molar-refractivity contribution in [1.82, 2.24) is 10.3 Å². The number of nitrogens with one attached hydrogen (secondary N) is 1. The number of alkyl halides is 3. The zero-order valence-corrected chi connectivity index (χ0v) is 17.3. The monoisotopic (exact) mass is 446 g/mol. The van der Waals surface area contributed by atoms with Gasteiger partial charge in [0.2, 0.25) is 0 Å². The molecule has 1 N–H and O–H groups in total. The quantitative estimate of drug-likeness (QED) is 0.500. The lowest BCUT2D eigenvalue weighted by Crippen LogP contribution is -2.50. The molecule has 0 aliphatic heterocycles. The van der Waals surface area contributed by atoms with Gasteiger partial charge in [-0.15, -0.1) is 0 Å². The van der Waals surface area contributed by atoms with Crippen LogP contribution in [0, 0.1) is 17.9 Å². The summed E-state index contributed by atoms with van der Waals surface area (Å²) in [4.78, 5) is 19.6. The molecule has 0 spiro atoms. The van der Waals surface area contributed by atoms with E-state index >= 15 is 0 Å². The zero-order valence-electron chi connectivity index (χ0n) is 17.3. The van der Waals surface area contributed by atoms with Crippen molar-refractivity contribution >= 4 is 11.6 Å². The molecule has 1 aromatic heterocycles. The van der Waals surface area contributed by atoms with Gasteiger partial charge in [-0.25, -0.2) is 4.85 Å². The van der Waals surface area contributed by atoms with Crippen molar-refractivity contribution in [3.8, 4) is 17.2 Å². The molecule has 0 bridgehead atoms. The molecule has 33 heavy (non-hydrogen) atoms. The number of benzene rings is 2. The second-order valence-corrected chi connectivity index (χ2v) is 7.85. The second-order valence-electron chi connectivity index (χ2n) is 7.85. The van der Waals surface area contributed by atoms with Crippen molar-refractivity contribution in [3.05, 3.63) is 94.6 Å². The van der Waals surface area contributed by atoms with Crippen LogP contribution in [-0.2, 0) is 11.7 Å². The van der Waals surface area contributed by atoms with E-state index in [4.69, 9.17) is 6.57 Å². The molecule has 1 heterocycles. The van der Waals surface area contributed by atoms with Gasteiger partial charge in [-0.1, -0.05) is 48.5 Å². The molecule has 0 radical (unpaired) electrons. The van der Waals surface area contributed by atoms with E-state index in [0.29, 0.717) is 22.4 Å². The van der Waals surface area contributed by atoms with Crippen molar-refractivity contribution in [2.24, 2.45) is 0 Å². The first-order valence-corrected chi connectivity index (χ1v) is 10.1. The first-order chi connectivity index (χ1) is 15.8. The third kappa shape index (κ3) is 4.28. The van der Waals surface area contributed by atoms with Crippen LogP contribution in [0.4, 0.5) is 18.9 Å². The maximum atomic E-state index is 12.9. The Balaban J connectivity index is 1.59. The molecule has 3 aromatic rings. The lowest BCUT2D eigenvalue weighted by atomic mass is 9.71. The average Bonchev–Trinajstić information content (AvgIpc) is 2.80. The Morgan fingerprint density at radius 1 is 1.12 bits per heavy atom. The third-order valence-corrected chi connectivity index (χ3v) is 5.88. The molecule has 1 saturated carbocycles. The van der Waals surface area contributed by atoms with Gasteiger partial charge in [0, 0.05) is 17.3 Å². The normalized spacial score (nSPS) is 14.5. The SMILES string of the molecule is [C-]#[N+]c1ccc(C(=O)NC2(c3ccc(-c4cnc(C(F)(F)F)cc4C#N)cc3)CCC2)cc1. The molecular weight excluding hydrogens is 429 g/mol. The Labute approximate surface area is 188 Å². The van der Waals surface area contributed by atoms with Gasteiger partial charge in [-0.05, 0) is 36.5 Å². The number of rotatable bonds is 4. The van der Waals surface area contributed by atoms with Crippen LogP contribution in [-0.4, -0.2) is 10.9 Å². The van der Waals surface area contributed by atoms with E-state index in [1.807, 2.05) is 18.2 Å². The van der Waals surface area contributed by atoms with Gasteiger partial charge in [0.1, 0.15) is 5.69 Å². The number of nitrogens with zero attached hydrogens (tertiary/aromatic N) is 3. The van der Waals surface area contributed by atoms with Gasteiger partial charge in [-0.2, -0.15) is 18.4 Å². The molecule has 8 heteroatoms. The Morgan fingerprint density at radius 2 is 1.79 bits per heavy atom. The van der Waals surface area contributed by atoms with Crippen LogP contribution in [0.5, 0.6) is 0 Å². The average molecular weight is 446 g/mol. The van der Waals surface area contributed by atoms with E-state index < -0.39 is 17.4 Å². The standard InChI is InChI=1S/C25H17F3N4O/c1-30-20-9-5-17(6-10-20)23(33)32-24(11-2-12-24)19-7-3-16(4-8-19)21-15-31-22(25(26,27)28)13-18(21)14-29/h3-10,13,15H,2,11-12H2,(H,32,33). The molecule has 4 rings (SSSR count). The fourth-order valence-electron chi connectivity index (χ4n) is 3.89. The number of pyridine rings is 1. The van der Waals surface area contributed by atoms with Gasteiger partial charge in [0.05, 0.1) is 23.7 Å². The van der Waals surface area contributed by atoms with Crippen molar-refractivity contribution in [3.63, 3.8) is 0 Å². The minimum Gasteiger partial charge on any atom is -0.343 e. The highest BCUT2D eigenvalue weighted by Crippen LogP contribution is 2.42. The minimum absolute atomic E-state index is 0.111. The highest BCUT2D eigenvalue weighted by molar-refractivity contribution is 5.95. The molecule has 1 fully saturated rings. The Hall–Kier alpha value is -4.17. The Kier molecular flexibility index (Phi) is 5.61. The number of aromatic nitrogens is 1. The number of halogens is 3. The predicted octanol–water partition coefficient (Wildman–Crippen LogP) is 6.00. The summed E-state index contributed by atoms with van der Waals surface area (Å²) >= 11 is 0. The van der Waals surface area contributed by atoms with E-state index in [0.717, 1.165) is 37.1 Å². The number of carbonyl (C=O) groups excluding carboxylic acids is 1. The summed E-state index contributed by atoms with van der Waals surface area (Å²) in [6.07, 6.45) is -1.11.